The van der Waals surface area contributed by atoms with E-state index in [4.69, 9.17) is 21.1 Å². The first-order chi connectivity index (χ1) is 12.2. The highest BCUT2D eigenvalue weighted by Crippen LogP contribution is 2.16. The van der Waals surface area contributed by atoms with Crippen molar-refractivity contribution < 1.29 is 14.3 Å². The molecule has 3 rings (SSSR count). The number of amides is 1. The first-order valence-corrected chi connectivity index (χ1v) is 9.31. The predicted molar refractivity (Wildman–Crippen MR) is 112 cm³/mol. The second kappa shape index (κ2) is 12.6. The van der Waals surface area contributed by atoms with Crippen LogP contribution in [0.25, 0.3) is 0 Å². The fraction of sp³-hybridized carbons (Fsp3) is 0.611. The molecule has 2 saturated heterocycles. The standard InChI is InChI=1S/C18H26ClN3O3.2ClH/c19-14-1-3-16(4-2-14)25-12-10-22-8-5-15(6-9-22)21-18(23)17-13-24-11-7-20-17;;/h1-4,15,17,20H,5-13H2,(H,21,23);2*1H. The number of likely N-dealkylation sites (tertiary alicyclic amines) is 1. The zero-order chi connectivity index (χ0) is 17.5. The van der Waals surface area contributed by atoms with Crippen molar-refractivity contribution in [2.24, 2.45) is 0 Å². The number of piperidine rings is 1. The number of rotatable bonds is 6. The van der Waals surface area contributed by atoms with Gasteiger partial charge in [-0.1, -0.05) is 11.6 Å². The summed E-state index contributed by atoms with van der Waals surface area (Å²) in [6.07, 6.45) is 1.94. The molecule has 2 aliphatic heterocycles. The molecular weight excluding hydrogens is 413 g/mol. The zero-order valence-electron chi connectivity index (χ0n) is 15.2. The van der Waals surface area contributed by atoms with Crippen LogP contribution < -0.4 is 15.4 Å². The van der Waals surface area contributed by atoms with Gasteiger partial charge in [0.1, 0.15) is 18.4 Å². The summed E-state index contributed by atoms with van der Waals surface area (Å²) >= 11 is 5.86. The van der Waals surface area contributed by atoms with Crippen LogP contribution in [-0.2, 0) is 9.53 Å². The van der Waals surface area contributed by atoms with Crippen molar-refractivity contribution in [1.29, 1.82) is 0 Å². The molecule has 1 unspecified atom stereocenters. The van der Waals surface area contributed by atoms with Crippen molar-refractivity contribution >= 4 is 42.3 Å². The number of nitrogens with one attached hydrogen (secondary N) is 2. The lowest BCUT2D eigenvalue weighted by atomic mass is 10.0. The van der Waals surface area contributed by atoms with Crippen molar-refractivity contribution in [3.63, 3.8) is 0 Å². The van der Waals surface area contributed by atoms with Gasteiger partial charge in [0.05, 0.1) is 13.2 Å². The first-order valence-electron chi connectivity index (χ1n) is 8.93. The van der Waals surface area contributed by atoms with Crippen LogP contribution in [0.1, 0.15) is 12.8 Å². The Morgan fingerprint density at radius 1 is 1.26 bits per heavy atom. The van der Waals surface area contributed by atoms with Crippen LogP contribution in [0.4, 0.5) is 0 Å². The van der Waals surface area contributed by atoms with Crippen molar-refractivity contribution in [3.05, 3.63) is 29.3 Å². The molecule has 0 bridgehead atoms. The minimum atomic E-state index is -0.209. The van der Waals surface area contributed by atoms with Gasteiger partial charge in [0.15, 0.2) is 0 Å². The number of morpholine rings is 1. The zero-order valence-corrected chi connectivity index (χ0v) is 17.6. The molecule has 1 aromatic rings. The summed E-state index contributed by atoms with van der Waals surface area (Å²) in [7, 11) is 0. The van der Waals surface area contributed by atoms with Gasteiger partial charge in [0.25, 0.3) is 0 Å². The van der Waals surface area contributed by atoms with Crippen molar-refractivity contribution in [3.8, 4) is 5.75 Å². The van der Waals surface area contributed by atoms with E-state index in [2.05, 4.69) is 15.5 Å². The van der Waals surface area contributed by atoms with Gasteiger partial charge in [-0.05, 0) is 37.1 Å². The molecule has 0 aromatic heterocycles. The topological polar surface area (TPSA) is 62.8 Å². The Morgan fingerprint density at radius 3 is 2.59 bits per heavy atom. The third kappa shape index (κ3) is 8.02. The molecule has 6 nitrogen and oxygen atoms in total. The maximum absolute atomic E-state index is 12.2. The smallest absolute Gasteiger partial charge is 0.239 e. The second-order valence-corrected chi connectivity index (χ2v) is 6.94. The van der Waals surface area contributed by atoms with E-state index in [1.54, 1.807) is 0 Å². The van der Waals surface area contributed by atoms with E-state index in [-0.39, 0.29) is 42.8 Å². The van der Waals surface area contributed by atoms with Gasteiger partial charge in [0, 0.05) is 37.2 Å². The van der Waals surface area contributed by atoms with E-state index in [9.17, 15) is 4.79 Å². The Kier molecular flexibility index (Phi) is 11.4. The van der Waals surface area contributed by atoms with E-state index < -0.39 is 0 Å². The van der Waals surface area contributed by atoms with Gasteiger partial charge in [-0.15, -0.1) is 24.8 Å². The van der Waals surface area contributed by atoms with Gasteiger partial charge in [-0.25, -0.2) is 0 Å². The number of halogens is 3. The normalized spacial score (nSPS) is 20.9. The van der Waals surface area contributed by atoms with Gasteiger partial charge < -0.3 is 20.1 Å². The van der Waals surface area contributed by atoms with Crippen LogP contribution >= 0.6 is 36.4 Å². The summed E-state index contributed by atoms with van der Waals surface area (Å²) in [6.45, 7) is 5.38. The molecule has 2 fully saturated rings. The lowest BCUT2D eigenvalue weighted by Crippen LogP contribution is -2.55. The quantitative estimate of drug-likeness (QED) is 0.709. The average molecular weight is 441 g/mol. The molecule has 9 heteroatoms. The van der Waals surface area contributed by atoms with Crippen LogP contribution in [0, 0.1) is 0 Å². The van der Waals surface area contributed by atoms with Crippen molar-refractivity contribution in [2.45, 2.75) is 24.9 Å². The number of benzene rings is 1. The van der Waals surface area contributed by atoms with E-state index in [0.29, 0.717) is 24.8 Å². The predicted octanol–water partition coefficient (Wildman–Crippen LogP) is 2.13. The SMILES string of the molecule is Cl.Cl.O=C(NC1CCN(CCOc2ccc(Cl)cc2)CC1)C1COCCN1. The molecule has 0 spiro atoms. The number of carbonyl (C=O) groups excluding carboxylic acids is 1. The molecule has 2 heterocycles. The van der Waals surface area contributed by atoms with Crippen LogP contribution in [0.2, 0.25) is 5.02 Å². The Morgan fingerprint density at radius 2 is 1.96 bits per heavy atom. The first kappa shape index (κ1) is 24.3. The summed E-state index contributed by atoms with van der Waals surface area (Å²) in [4.78, 5) is 14.6. The van der Waals surface area contributed by atoms with E-state index >= 15 is 0 Å². The number of nitrogens with zero attached hydrogens (tertiary/aromatic N) is 1. The number of ether oxygens (including phenoxy) is 2. The largest absolute Gasteiger partial charge is 0.492 e. The number of carbonyl (C=O) groups is 1. The molecule has 0 saturated carbocycles. The molecule has 1 amide bonds. The Bertz CT molecular complexity index is 549. The molecule has 27 heavy (non-hydrogen) atoms. The molecule has 0 aliphatic carbocycles. The monoisotopic (exact) mass is 439 g/mol. The fourth-order valence-corrected chi connectivity index (χ4v) is 3.29. The van der Waals surface area contributed by atoms with Gasteiger partial charge in [-0.3, -0.25) is 9.69 Å². The Balaban J connectivity index is 0.00000182. The molecule has 0 radical (unpaired) electrons. The van der Waals surface area contributed by atoms with E-state index in [1.165, 1.54) is 0 Å². The van der Waals surface area contributed by atoms with Crippen molar-refractivity contribution in [2.75, 3.05) is 46.0 Å². The summed E-state index contributed by atoms with van der Waals surface area (Å²) < 4.78 is 11.1. The Labute approximate surface area is 178 Å². The van der Waals surface area contributed by atoms with Crippen LogP contribution in [-0.4, -0.2) is 68.9 Å². The lowest BCUT2D eigenvalue weighted by Gasteiger charge is -2.33. The third-order valence-corrected chi connectivity index (χ3v) is 4.91. The Hall–Kier alpha value is -0.760. The number of hydrogen-bond donors (Lipinski definition) is 2. The highest BCUT2D eigenvalue weighted by Gasteiger charge is 2.25. The van der Waals surface area contributed by atoms with Crippen molar-refractivity contribution in [1.82, 2.24) is 15.5 Å². The lowest BCUT2D eigenvalue weighted by molar-refractivity contribution is -0.126. The third-order valence-electron chi connectivity index (χ3n) is 4.66. The molecule has 1 aromatic carbocycles. The van der Waals surface area contributed by atoms with Crippen LogP contribution in [0.15, 0.2) is 24.3 Å². The van der Waals surface area contributed by atoms with Gasteiger partial charge in [-0.2, -0.15) is 0 Å². The molecule has 1 atom stereocenters. The van der Waals surface area contributed by atoms with Crippen LogP contribution in [0.3, 0.4) is 0 Å². The minimum Gasteiger partial charge on any atom is -0.492 e. The molecular formula is C18H28Cl3N3O3. The maximum Gasteiger partial charge on any atom is 0.239 e. The minimum absolute atomic E-state index is 0. The number of hydrogen-bond acceptors (Lipinski definition) is 5. The summed E-state index contributed by atoms with van der Waals surface area (Å²) in [5.74, 6) is 0.901. The molecule has 2 aliphatic rings. The van der Waals surface area contributed by atoms with E-state index in [1.807, 2.05) is 24.3 Å². The van der Waals surface area contributed by atoms with E-state index in [0.717, 1.165) is 44.8 Å². The molecule has 154 valence electrons. The summed E-state index contributed by atoms with van der Waals surface area (Å²) in [5, 5.41) is 7.05. The summed E-state index contributed by atoms with van der Waals surface area (Å²) in [6, 6.07) is 7.47. The second-order valence-electron chi connectivity index (χ2n) is 6.51. The maximum atomic E-state index is 12.2. The highest BCUT2D eigenvalue weighted by atomic mass is 35.5. The van der Waals surface area contributed by atoms with Crippen LogP contribution in [0.5, 0.6) is 5.75 Å². The average Bonchev–Trinajstić information content (AvgIpc) is 2.65. The van der Waals surface area contributed by atoms with Gasteiger partial charge in [0.2, 0.25) is 5.91 Å². The molecule has 2 N–H and O–H groups in total. The summed E-state index contributed by atoms with van der Waals surface area (Å²) in [5.41, 5.74) is 0. The van der Waals surface area contributed by atoms with Gasteiger partial charge >= 0.3 is 0 Å². The highest BCUT2D eigenvalue weighted by molar-refractivity contribution is 6.30. The fourth-order valence-electron chi connectivity index (χ4n) is 3.16.